The number of piperazine rings is 1. The van der Waals surface area contributed by atoms with Gasteiger partial charge in [-0.1, -0.05) is 24.3 Å². The molecule has 2 aromatic carbocycles. The van der Waals surface area contributed by atoms with Gasteiger partial charge in [-0.2, -0.15) is 0 Å². The quantitative estimate of drug-likeness (QED) is 0.643. The van der Waals surface area contributed by atoms with Gasteiger partial charge in [0, 0.05) is 49.1 Å². The minimum absolute atomic E-state index is 0.0104. The predicted octanol–water partition coefficient (Wildman–Crippen LogP) is 2.87. The van der Waals surface area contributed by atoms with Crippen molar-refractivity contribution in [1.29, 1.82) is 0 Å². The van der Waals surface area contributed by atoms with E-state index in [1.165, 1.54) is 6.07 Å². The first-order valence-corrected chi connectivity index (χ1v) is 7.90. The maximum absolute atomic E-state index is 12.6. The van der Waals surface area contributed by atoms with Gasteiger partial charge in [0.15, 0.2) is 0 Å². The molecule has 3 rings (SSSR count). The first kappa shape index (κ1) is 16.0. The summed E-state index contributed by atoms with van der Waals surface area (Å²) < 4.78 is 0. The van der Waals surface area contributed by atoms with Crippen LogP contribution < -0.4 is 4.90 Å². The van der Waals surface area contributed by atoms with E-state index in [2.05, 4.69) is 17.0 Å². The molecule has 1 heterocycles. The number of benzene rings is 2. The number of aryl methyl sites for hydroxylation is 1. The maximum atomic E-state index is 12.6. The van der Waals surface area contributed by atoms with Gasteiger partial charge in [-0.25, -0.2) is 0 Å². The number of carbonyl (C=O) groups excluding carboxylic acids is 1. The van der Waals surface area contributed by atoms with Gasteiger partial charge in [-0.15, -0.1) is 0 Å². The average Bonchev–Trinajstić information content (AvgIpc) is 2.62. The van der Waals surface area contributed by atoms with E-state index in [4.69, 9.17) is 0 Å². The third-order valence-electron chi connectivity index (χ3n) is 4.34. The molecule has 0 atom stereocenters. The third kappa shape index (κ3) is 3.22. The topological polar surface area (TPSA) is 66.7 Å². The van der Waals surface area contributed by atoms with Crippen LogP contribution in [0.2, 0.25) is 0 Å². The highest BCUT2D eigenvalue weighted by molar-refractivity contribution is 5.95. The van der Waals surface area contributed by atoms with E-state index < -0.39 is 4.92 Å². The van der Waals surface area contributed by atoms with Crippen molar-refractivity contribution >= 4 is 17.3 Å². The molecular formula is C18H19N3O3. The number of carbonyl (C=O) groups is 1. The fraction of sp³-hybridized carbons (Fsp3) is 0.278. The minimum atomic E-state index is -0.445. The van der Waals surface area contributed by atoms with Crippen LogP contribution in [-0.2, 0) is 0 Å². The average molecular weight is 325 g/mol. The summed E-state index contributed by atoms with van der Waals surface area (Å²) >= 11 is 0. The van der Waals surface area contributed by atoms with Crippen molar-refractivity contribution in [2.75, 3.05) is 31.1 Å². The second-order valence-electron chi connectivity index (χ2n) is 5.87. The highest BCUT2D eigenvalue weighted by Crippen LogP contribution is 2.21. The van der Waals surface area contributed by atoms with Gasteiger partial charge < -0.3 is 9.80 Å². The number of para-hydroxylation sites is 1. The number of rotatable bonds is 3. The molecule has 2 aromatic rings. The summed E-state index contributed by atoms with van der Waals surface area (Å²) in [5.74, 6) is -0.147. The highest BCUT2D eigenvalue weighted by atomic mass is 16.6. The van der Waals surface area contributed by atoms with Crippen LogP contribution in [0, 0.1) is 17.0 Å². The highest BCUT2D eigenvalue weighted by Gasteiger charge is 2.24. The van der Waals surface area contributed by atoms with Crippen LogP contribution in [0.5, 0.6) is 0 Å². The maximum Gasteiger partial charge on any atom is 0.273 e. The van der Waals surface area contributed by atoms with Crippen molar-refractivity contribution in [1.82, 2.24) is 4.90 Å². The van der Waals surface area contributed by atoms with E-state index >= 15 is 0 Å². The normalized spacial score (nSPS) is 14.5. The Kier molecular flexibility index (Phi) is 4.46. The molecule has 6 heteroatoms. The molecule has 1 aliphatic rings. The lowest BCUT2D eigenvalue weighted by atomic mass is 10.1. The van der Waals surface area contributed by atoms with Gasteiger partial charge in [0.25, 0.3) is 11.6 Å². The second kappa shape index (κ2) is 6.70. The molecule has 0 aliphatic carbocycles. The van der Waals surface area contributed by atoms with Crippen LogP contribution >= 0.6 is 0 Å². The van der Waals surface area contributed by atoms with E-state index in [9.17, 15) is 14.9 Å². The van der Waals surface area contributed by atoms with Gasteiger partial charge in [-0.3, -0.25) is 14.9 Å². The SMILES string of the molecule is Cc1ccc(C(=O)N2CCN(c3ccccc3)CC2)cc1[N+](=O)[O-]. The van der Waals surface area contributed by atoms with Crippen molar-refractivity contribution in [3.63, 3.8) is 0 Å². The molecule has 0 aromatic heterocycles. The third-order valence-corrected chi connectivity index (χ3v) is 4.34. The van der Waals surface area contributed by atoms with Crippen LogP contribution in [0.3, 0.4) is 0 Å². The summed E-state index contributed by atoms with van der Waals surface area (Å²) in [4.78, 5) is 27.2. The molecule has 0 unspecified atom stereocenters. The molecule has 0 saturated carbocycles. The Labute approximate surface area is 140 Å². The number of nitrogens with zero attached hydrogens (tertiary/aromatic N) is 3. The zero-order valence-corrected chi connectivity index (χ0v) is 13.5. The number of nitro benzene ring substituents is 1. The van der Waals surface area contributed by atoms with Gasteiger partial charge >= 0.3 is 0 Å². The summed E-state index contributed by atoms with van der Waals surface area (Å²) in [5.41, 5.74) is 2.07. The standard InChI is InChI=1S/C18H19N3O3/c1-14-7-8-15(13-17(14)21(23)24)18(22)20-11-9-19(10-12-20)16-5-3-2-4-6-16/h2-8,13H,9-12H2,1H3. The van der Waals surface area contributed by atoms with Crippen LogP contribution in [0.15, 0.2) is 48.5 Å². The Hall–Kier alpha value is -2.89. The van der Waals surface area contributed by atoms with Crippen LogP contribution in [0.1, 0.15) is 15.9 Å². The Morgan fingerprint density at radius 3 is 2.33 bits per heavy atom. The number of amides is 1. The van der Waals surface area contributed by atoms with Gasteiger partial charge in [0.1, 0.15) is 0 Å². The summed E-state index contributed by atoms with van der Waals surface area (Å²) in [6.45, 7) is 4.39. The molecule has 24 heavy (non-hydrogen) atoms. The molecule has 0 N–H and O–H groups in total. The second-order valence-corrected chi connectivity index (χ2v) is 5.87. The molecule has 0 bridgehead atoms. The zero-order chi connectivity index (χ0) is 17.1. The largest absolute Gasteiger partial charge is 0.368 e. The summed E-state index contributed by atoms with van der Waals surface area (Å²) in [7, 11) is 0. The van der Waals surface area contributed by atoms with Crippen molar-refractivity contribution in [3.8, 4) is 0 Å². The summed E-state index contributed by atoms with van der Waals surface area (Å²) in [6, 6.07) is 14.8. The summed E-state index contributed by atoms with van der Waals surface area (Å²) in [5, 5.41) is 11.0. The molecule has 1 aliphatic heterocycles. The fourth-order valence-corrected chi connectivity index (χ4v) is 2.93. The Morgan fingerprint density at radius 2 is 1.71 bits per heavy atom. The van der Waals surface area contributed by atoms with Crippen LogP contribution in [0.25, 0.3) is 0 Å². The van der Waals surface area contributed by atoms with Gasteiger partial charge in [0.05, 0.1) is 4.92 Å². The van der Waals surface area contributed by atoms with Crippen molar-refractivity contribution < 1.29 is 9.72 Å². The minimum Gasteiger partial charge on any atom is -0.368 e. The number of nitro groups is 1. The van der Waals surface area contributed by atoms with Crippen LogP contribution in [-0.4, -0.2) is 41.9 Å². The van der Waals surface area contributed by atoms with Crippen LogP contribution in [0.4, 0.5) is 11.4 Å². The van der Waals surface area contributed by atoms with E-state index in [-0.39, 0.29) is 11.6 Å². The molecule has 0 spiro atoms. The van der Waals surface area contributed by atoms with E-state index in [1.807, 2.05) is 18.2 Å². The zero-order valence-electron chi connectivity index (χ0n) is 13.5. The summed E-state index contributed by atoms with van der Waals surface area (Å²) in [6.07, 6.45) is 0. The molecule has 1 amide bonds. The van der Waals surface area contributed by atoms with E-state index in [0.717, 1.165) is 18.8 Å². The predicted molar refractivity (Wildman–Crippen MR) is 92.4 cm³/mol. The molecule has 124 valence electrons. The van der Waals surface area contributed by atoms with Crippen molar-refractivity contribution in [2.45, 2.75) is 6.92 Å². The number of hydrogen-bond donors (Lipinski definition) is 0. The lowest BCUT2D eigenvalue weighted by Gasteiger charge is -2.36. The Bertz CT molecular complexity index is 753. The molecule has 6 nitrogen and oxygen atoms in total. The fourth-order valence-electron chi connectivity index (χ4n) is 2.93. The van der Waals surface area contributed by atoms with Crippen molar-refractivity contribution in [3.05, 3.63) is 69.8 Å². The first-order valence-electron chi connectivity index (χ1n) is 7.90. The molecule has 1 saturated heterocycles. The number of hydrogen-bond acceptors (Lipinski definition) is 4. The Balaban J connectivity index is 1.69. The smallest absolute Gasteiger partial charge is 0.273 e. The monoisotopic (exact) mass is 325 g/mol. The Morgan fingerprint density at radius 1 is 1.04 bits per heavy atom. The lowest BCUT2D eigenvalue weighted by molar-refractivity contribution is -0.385. The number of anilines is 1. The molecule has 0 radical (unpaired) electrons. The lowest BCUT2D eigenvalue weighted by Crippen LogP contribution is -2.48. The van der Waals surface area contributed by atoms with Gasteiger partial charge in [0.2, 0.25) is 0 Å². The van der Waals surface area contributed by atoms with Crippen molar-refractivity contribution in [2.24, 2.45) is 0 Å². The molecular weight excluding hydrogens is 306 g/mol. The molecule has 1 fully saturated rings. The van der Waals surface area contributed by atoms with E-state index in [1.54, 1.807) is 24.0 Å². The first-order chi connectivity index (χ1) is 11.6. The van der Waals surface area contributed by atoms with E-state index in [0.29, 0.717) is 24.2 Å². The van der Waals surface area contributed by atoms with Gasteiger partial charge in [-0.05, 0) is 25.1 Å².